The second kappa shape index (κ2) is 6.93. The maximum atomic E-state index is 3.79. The summed E-state index contributed by atoms with van der Waals surface area (Å²) in [6, 6.07) is 11.6. The van der Waals surface area contributed by atoms with Crippen molar-refractivity contribution in [3.63, 3.8) is 0 Å². The van der Waals surface area contributed by atoms with E-state index < -0.39 is 0 Å². The lowest BCUT2D eigenvalue weighted by Gasteiger charge is -2.50. The van der Waals surface area contributed by atoms with Gasteiger partial charge in [0.2, 0.25) is 0 Å². The van der Waals surface area contributed by atoms with Crippen LogP contribution in [-0.4, -0.2) is 30.6 Å². The smallest absolute Gasteiger partial charge is 0.0558 e. The van der Waals surface area contributed by atoms with Gasteiger partial charge in [-0.1, -0.05) is 64.4 Å². The zero-order chi connectivity index (χ0) is 15.5. The van der Waals surface area contributed by atoms with Crippen molar-refractivity contribution in [3.05, 3.63) is 35.9 Å². The molecule has 21 heavy (non-hydrogen) atoms. The molecule has 0 saturated carbocycles. The molecule has 0 spiro atoms. The molecule has 0 bridgehead atoms. The van der Waals surface area contributed by atoms with Crippen LogP contribution < -0.4 is 5.32 Å². The zero-order valence-corrected chi connectivity index (χ0v) is 14.4. The molecule has 1 aromatic carbocycles. The van der Waals surface area contributed by atoms with Gasteiger partial charge in [0.05, 0.1) is 5.54 Å². The fourth-order valence-electron chi connectivity index (χ4n) is 3.25. The van der Waals surface area contributed by atoms with Gasteiger partial charge < -0.3 is 5.32 Å². The molecule has 118 valence electrons. The highest BCUT2D eigenvalue weighted by atomic mass is 15.3. The molecule has 2 nitrogen and oxygen atoms in total. The molecule has 1 heterocycles. The van der Waals surface area contributed by atoms with Gasteiger partial charge in [0.25, 0.3) is 0 Å². The summed E-state index contributed by atoms with van der Waals surface area (Å²) in [7, 11) is 0. The van der Waals surface area contributed by atoms with Crippen molar-refractivity contribution in [1.82, 2.24) is 10.2 Å². The summed E-state index contributed by atoms with van der Waals surface area (Å²) in [6.07, 6.45) is 1.25. The molecule has 0 aromatic heterocycles. The fourth-order valence-corrected chi connectivity index (χ4v) is 3.25. The lowest BCUT2D eigenvalue weighted by Crippen LogP contribution is -2.63. The van der Waals surface area contributed by atoms with Crippen molar-refractivity contribution >= 4 is 0 Å². The highest BCUT2D eigenvalue weighted by molar-refractivity contribution is 5.25. The van der Waals surface area contributed by atoms with Crippen LogP contribution in [0.5, 0.6) is 0 Å². The van der Waals surface area contributed by atoms with Gasteiger partial charge in [0.1, 0.15) is 0 Å². The molecule has 1 N–H and O–H groups in total. The average Bonchev–Trinajstić information content (AvgIpc) is 2.50. The van der Waals surface area contributed by atoms with Gasteiger partial charge in [-0.2, -0.15) is 0 Å². The third-order valence-electron chi connectivity index (χ3n) is 5.25. The Labute approximate surface area is 130 Å². The van der Waals surface area contributed by atoms with Gasteiger partial charge in [0.15, 0.2) is 0 Å². The Kier molecular flexibility index (Phi) is 5.45. The number of hydrogen-bond donors (Lipinski definition) is 1. The van der Waals surface area contributed by atoms with Gasteiger partial charge in [-0.15, -0.1) is 0 Å². The Morgan fingerprint density at radius 3 is 2.48 bits per heavy atom. The van der Waals surface area contributed by atoms with Crippen LogP contribution in [0.25, 0.3) is 0 Å². The minimum atomic E-state index is 0.107. The van der Waals surface area contributed by atoms with Crippen LogP contribution in [0, 0.1) is 11.8 Å². The monoisotopic (exact) mass is 288 g/mol. The van der Waals surface area contributed by atoms with Crippen molar-refractivity contribution in [2.45, 2.75) is 52.6 Å². The molecule has 3 atom stereocenters. The predicted octanol–water partition coefficient (Wildman–Crippen LogP) is 3.88. The Hall–Kier alpha value is -0.860. The van der Waals surface area contributed by atoms with E-state index in [9.17, 15) is 0 Å². The Morgan fingerprint density at radius 1 is 1.24 bits per heavy atom. The Bertz CT molecular complexity index is 428. The van der Waals surface area contributed by atoms with E-state index in [0.717, 1.165) is 19.0 Å². The van der Waals surface area contributed by atoms with Crippen molar-refractivity contribution in [1.29, 1.82) is 0 Å². The standard InChI is InChI=1S/C19H32N2/c1-6-16(4)12-21-13-18(15(2)3)20-14-19(21,5)17-10-8-7-9-11-17/h7-11,15-16,18,20H,6,12-14H2,1-5H3. The molecule has 3 unspecified atom stereocenters. The van der Waals surface area contributed by atoms with Gasteiger partial charge in [0, 0.05) is 25.7 Å². The van der Waals surface area contributed by atoms with Crippen LogP contribution in [0.4, 0.5) is 0 Å². The van der Waals surface area contributed by atoms with Crippen LogP contribution in [0.3, 0.4) is 0 Å². The first-order valence-electron chi connectivity index (χ1n) is 8.51. The van der Waals surface area contributed by atoms with E-state index in [2.05, 4.69) is 75.2 Å². The van der Waals surface area contributed by atoms with E-state index in [0.29, 0.717) is 12.0 Å². The van der Waals surface area contributed by atoms with E-state index in [1.54, 1.807) is 0 Å². The summed E-state index contributed by atoms with van der Waals surface area (Å²) in [6.45, 7) is 15.1. The zero-order valence-electron chi connectivity index (χ0n) is 14.4. The summed E-state index contributed by atoms with van der Waals surface area (Å²) >= 11 is 0. The first-order valence-corrected chi connectivity index (χ1v) is 8.51. The molecule has 1 saturated heterocycles. The second-order valence-corrected chi connectivity index (χ2v) is 7.29. The lowest BCUT2D eigenvalue weighted by molar-refractivity contribution is 0.0269. The maximum Gasteiger partial charge on any atom is 0.0558 e. The third kappa shape index (κ3) is 3.67. The molecule has 1 aromatic rings. The van der Waals surface area contributed by atoms with Gasteiger partial charge >= 0.3 is 0 Å². The number of rotatable bonds is 5. The number of hydrogen-bond acceptors (Lipinski definition) is 2. The Morgan fingerprint density at radius 2 is 1.90 bits per heavy atom. The summed E-state index contributed by atoms with van der Waals surface area (Å²) in [5, 5.41) is 3.79. The minimum absolute atomic E-state index is 0.107. The first kappa shape index (κ1) is 16.5. The fraction of sp³-hybridized carbons (Fsp3) is 0.684. The number of nitrogens with zero attached hydrogens (tertiary/aromatic N) is 1. The van der Waals surface area contributed by atoms with E-state index in [-0.39, 0.29) is 5.54 Å². The molecule has 2 rings (SSSR count). The largest absolute Gasteiger partial charge is 0.310 e. The van der Waals surface area contributed by atoms with Crippen molar-refractivity contribution in [3.8, 4) is 0 Å². The highest BCUT2D eigenvalue weighted by Crippen LogP contribution is 2.32. The highest BCUT2D eigenvalue weighted by Gasteiger charge is 2.39. The van der Waals surface area contributed by atoms with E-state index >= 15 is 0 Å². The molecular weight excluding hydrogens is 256 g/mol. The van der Waals surface area contributed by atoms with Gasteiger partial charge in [-0.05, 0) is 24.3 Å². The minimum Gasteiger partial charge on any atom is -0.310 e. The SMILES string of the molecule is CCC(C)CN1CC(C(C)C)NCC1(C)c1ccccc1. The quantitative estimate of drug-likeness (QED) is 0.884. The summed E-state index contributed by atoms with van der Waals surface area (Å²) in [5.74, 6) is 1.43. The number of nitrogens with one attached hydrogen (secondary N) is 1. The maximum absolute atomic E-state index is 3.79. The van der Waals surface area contributed by atoms with Crippen LogP contribution in [0.1, 0.15) is 46.6 Å². The van der Waals surface area contributed by atoms with Gasteiger partial charge in [-0.25, -0.2) is 0 Å². The van der Waals surface area contributed by atoms with Crippen LogP contribution in [-0.2, 0) is 5.54 Å². The van der Waals surface area contributed by atoms with Crippen LogP contribution >= 0.6 is 0 Å². The number of benzene rings is 1. The molecule has 0 radical (unpaired) electrons. The van der Waals surface area contributed by atoms with Crippen LogP contribution in [0.15, 0.2) is 30.3 Å². The normalized spacial score (nSPS) is 28.8. The van der Waals surface area contributed by atoms with Gasteiger partial charge in [-0.3, -0.25) is 4.90 Å². The number of piperazine rings is 1. The molecule has 0 aliphatic carbocycles. The third-order valence-corrected chi connectivity index (χ3v) is 5.25. The van der Waals surface area contributed by atoms with Crippen molar-refractivity contribution in [2.24, 2.45) is 11.8 Å². The molecule has 1 aliphatic rings. The first-order chi connectivity index (χ1) is 9.97. The lowest BCUT2D eigenvalue weighted by atomic mass is 9.84. The summed E-state index contributed by atoms with van der Waals surface area (Å²) in [5.41, 5.74) is 1.54. The molecular formula is C19H32N2. The van der Waals surface area contributed by atoms with E-state index in [1.807, 2.05) is 0 Å². The summed E-state index contributed by atoms with van der Waals surface area (Å²) in [4.78, 5) is 2.72. The predicted molar refractivity (Wildman–Crippen MR) is 91.5 cm³/mol. The molecule has 1 fully saturated rings. The average molecular weight is 288 g/mol. The van der Waals surface area contributed by atoms with E-state index in [1.165, 1.54) is 18.5 Å². The molecule has 2 heteroatoms. The van der Waals surface area contributed by atoms with Crippen molar-refractivity contribution < 1.29 is 0 Å². The Balaban J connectivity index is 2.25. The van der Waals surface area contributed by atoms with Crippen molar-refractivity contribution in [2.75, 3.05) is 19.6 Å². The summed E-state index contributed by atoms with van der Waals surface area (Å²) < 4.78 is 0. The van der Waals surface area contributed by atoms with Crippen LogP contribution in [0.2, 0.25) is 0 Å². The topological polar surface area (TPSA) is 15.3 Å². The van der Waals surface area contributed by atoms with E-state index in [4.69, 9.17) is 0 Å². The second-order valence-electron chi connectivity index (χ2n) is 7.29. The molecule has 0 amide bonds. The molecule has 1 aliphatic heterocycles.